The largest absolute Gasteiger partial charge is 0.465 e. The van der Waals surface area contributed by atoms with Crippen molar-refractivity contribution >= 4 is 5.97 Å². The van der Waals surface area contributed by atoms with Gasteiger partial charge >= 0.3 is 5.97 Å². The summed E-state index contributed by atoms with van der Waals surface area (Å²) in [6.07, 6.45) is 13.4. The van der Waals surface area contributed by atoms with Crippen molar-refractivity contribution in [1.29, 1.82) is 0 Å². The molecule has 134 valence electrons. The summed E-state index contributed by atoms with van der Waals surface area (Å²) in [6.45, 7) is 13.5. The molecule has 0 amide bonds. The van der Waals surface area contributed by atoms with E-state index in [4.69, 9.17) is 4.74 Å². The van der Waals surface area contributed by atoms with Crippen molar-refractivity contribution in [2.75, 3.05) is 6.61 Å². The molecule has 3 aliphatic rings. The van der Waals surface area contributed by atoms with Crippen LogP contribution in [0.25, 0.3) is 0 Å². The molecule has 24 heavy (non-hydrogen) atoms. The highest BCUT2D eigenvalue weighted by Crippen LogP contribution is 2.65. The van der Waals surface area contributed by atoms with Crippen molar-refractivity contribution in [2.45, 2.75) is 72.6 Å². The van der Waals surface area contributed by atoms with Gasteiger partial charge in [0.1, 0.15) is 0 Å². The highest BCUT2D eigenvalue weighted by molar-refractivity contribution is 5.65. The van der Waals surface area contributed by atoms with Crippen LogP contribution < -0.4 is 0 Å². The van der Waals surface area contributed by atoms with E-state index < -0.39 is 0 Å². The smallest absolute Gasteiger partial charge is 0.302 e. The van der Waals surface area contributed by atoms with Crippen LogP contribution in [-0.4, -0.2) is 12.6 Å². The minimum atomic E-state index is -0.145. The molecule has 0 aromatic rings. The summed E-state index contributed by atoms with van der Waals surface area (Å²) < 4.78 is 5.50. The molecule has 0 saturated heterocycles. The first-order chi connectivity index (χ1) is 11.3. The first-order valence-electron chi connectivity index (χ1n) is 9.73. The molecule has 0 aromatic heterocycles. The van der Waals surface area contributed by atoms with Crippen LogP contribution in [0.4, 0.5) is 0 Å². The monoisotopic (exact) mass is 330 g/mol. The van der Waals surface area contributed by atoms with Gasteiger partial charge in [-0.15, -0.1) is 6.58 Å². The van der Waals surface area contributed by atoms with Gasteiger partial charge in [-0.1, -0.05) is 44.9 Å². The minimum Gasteiger partial charge on any atom is -0.465 e. The fourth-order valence-electron chi connectivity index (χ4n) is 6.33. The standard InChI is InChI=1S/C22H34O2/c1-6-20(3)12-7-9-18-17(20)10-11-19-21(4,15-24-16(2)23)13-8-14-22(18,19)5/h6,9,17,19H,1,7-8,10-15H2,2-5H3/t17?,19?,20-,21-,22-/m0/s1. The van der Waals surface area contributed by atoms with Crippen LogP contribution in [0.3, 0.4) is 0 Å². The second-order valence-electron chi connectivity index (χ2n) is 9.30. The van der Waals surface area contributed by atoms with Crippen LogP contribution in [-0.2, 0) is 9.53 Å². The van der Waals surface area contributed by atoms with Gasteiger partial charge in [0, 0.05) is 12.3 Å². The lowest BCUT2D eigenvalue weighted by Gasteiger charge is -2.60. The lowest BCUT2D eigenvalue weighted by molar-refractivity contribution is -0.150. The summed E-state index contributed by atoms with van der Waals surface area (Å²) in [5, 5.41) is 0. The first-order valence-corrected chi connectivity index (χ1v) is 9.73. The molecule has 0 aromatic carbocycles. The Morgan fingerprint density at radius 1 is 1.29 bits per heavy atom. The number of carbonyl (C=O) groups excluding carboxylic acids is 1. The highest BCUT2D eigenvalue weighted by Gasteiger charge is 2.56. The van der Waals surface area contributed by atoms with E-state index in [0.29, 0.717) is 18.4 Å². The molecule has 5 atom stereocenters. The Hall–Kier alpha value is -1.05. The predicted molar refractivity (Wildman–Crippen MR) is 98.5 cm³/mol. The number of rotatable bonds is 3. The predicted octanol–water partition coefficient (Wildman–Crippen LogP) is 5.68. The Bertz CT molecular complexity index is 562. The van der Waals surface area contributed by atoms with E-state index in [1.807, 2.05) is 0 Å². The van der Waals surface area contributed by atoms with Crippen LogP contribution in [0.2, 0.25) is 0 Å². The summed E-state index contributed by atoms with van der Waals surface area (Å²) in [6, 6.07) is 0. The van der Waals surface area contributed by atoms with Gasteiger partial charge in [0.15, 0.2) is 0 Å². The van der Waals surface area contributed by atoms with Crippen LogP contribution in [0.15, 0.2) is 24.3 Å². The number of fused-ring (bicyclic) bond motifs is 3. The Morgan fingerprint density at radius 2 is 2.04 bits per heavy atom. The number of hydrogen-bond donors (Lipinski definition) is 0. The van der Waals surface area contributed by atoms with Crippen LogP contribution in [0.5, 0.6) is 0 Å². The van der Waals surface area contributed by atoms with Crippen molar-refractivity contribution < 1.29 is 9.53 Å². The minimum absolute atomic E-state index is 0.118. The fourth-order valence-corrected chi connectivity index (χ4v) is 6.33. The molecule has 2 fully saturated rings. The molecule has 0 aliphatic heterocycles. The topological polar surface area (TPSA) is 26.3 Å². The van der Waals surface area contributed by atoms with E-state index in [1.54, 1.807) is 5.57 Å². The van der Waals surface area contributed by atoms with Crippen molar-refractivity contribution in [1.82, 2.24) is 0 Å². The Labute approximate surface area is 147 Å². The quantitative estimate of drug-likeness (QED) is 0.491. The van der Waals surface area contributed by atoms with E-state index >= 15 is 0 Å². The lowest BCUT2D eigenvalue weighted by Crippen LogP contribution is -2.53. The molecule has 2 saturated carbocycles. The summed E-state index contributed by atoms with van der Waals surface area (Å²) >= 11 is 0. The molecule has 2 nitrogen and oxygen atoms in total. The van der Waals surface area contributed by atoms with Crippen LogP contribution >= 0.6 is 0 Å². The zero-order valence-electron chi connectivity index (χ0n) is 16.0. The zero-order chi connectivity index (χ0) is 17.6. The van der Waals surface area contributed by atoms with E-state index in [0.717, 1.165) is 0 Å². The van der Waals surface area contributed by atoms with Gasteiger partial charge in [-0.05, 0) is 61.2 Å². The molecule has 0 bridgehead atoms. The summed E-state index contributed by atoms with van der Waals surface area (Å²) in [5.74, 6) is 1.13. The third-order valence-corrected chi connectivity index (χ3v) is 7.75. The maximum absolute atomic E-state index is 11.4. The molecule has 0 radical (unpaired) electrons. The molecule has 3 rings (SSSR count). The second kappa shape index (κ2) is 6.04. The molecule has 3 aliphatic carbocycles. The number of allylic oxidation sites excluding steroid dienone is 3. The van der Waals surface area contributed by atoms with E-state index in [-0.39, 0.29) is 22.2 Å². The van der Waals surface area contributed by atoms with E-state index in [2.05, 4.69) is 39.5 Å². The Kier molecular flexibility index (Phi) is 4.47. The molecular formula is C22H34O2. The van der Waals surface area contributed by atoms with Gasteiger partial charge in [0.2, 0.25) is 0 Å². The third-order valence-electron chi connectivity index (χ3n) is 7.75. The van der Waals surface area contributed by atoms with Gasteiger partial charge in [-0.3, -0.25) is 4.79 Å². The van der Waals surface area contributed by atoms with Crippen molar-refractivity contribution in [3.63, 3.8) is 0 Å². The maximum Gasteiger partial charge on any atom is 0.302 e. The number of hydrogen-bond acceptors (Lipinski definition) is 2. The van der Waals surface area contributed by atoms with Gasteiger partial charge in [0.25, 0.3) is 0 Å². The zero-order valence-corrected chi connectivity index (χ0v) is 16.0. The van der Waals surface area contributed by atoms with Gasteiger partial charge in [-0.25, -0.2) is 0 Å². The average Bonchev–Trinajstić information content (AvgIpc) is 2.54. The molecule has 0 spiro atoms. The summed E-state index contributed by atoms with van der Waals surface area (Å²) in [4.78, 5) is 11.4. The normalized spacial score (nSPS) is 44.8. The van der Waals surface area contributed by atoms with Crippen molar-refractivity contribution in [2.24, 2.45) is 28.1 Å². The second-order valence-corrected chi connectivity index (χ2v) is 9.30. The third kappa shape index (κ3) is 2.66. The lowest BCUT2D eigenvalue weighted by atomic mass is 9.44. The Morgan fingerprint density at radius 3 is 2.71 bits per heavy atom. The van der Waals surface area contributed by atoms with Gasteiger partial charge in [-0.2, -0.15) is 0 Å². The molecule has 0 N–H and O–H groups in total. The van der Waals surface area contributed by atoms with Gasteiger partial charge in [0.05, 0.1) is 6.61 Å². The molecule has 2 unspecified atom stereocenters. The molecular weight excluding hydrogens is 296 g/mol. The van der Waals surface area contributed by atoms with Gasteiger partial charge < -0.3 is 4.74 Å². The van der Waals surface area contributed by atoms with Crippen LogP contribution in [0.1, 0.15) is 72.6 Å². The summed E-state index contributed by atoms with van der Waals surface area (Å²) in [7, 11) is 0. The average molecular weight is 331 g/mol. The van der Waals surface area contributed by atoms with E-state index in [1.165, 1.54) is 51.9 Å². The van der Waals surface area contributed by atoms with Crippen molar-refractivity contribution in [3.05, 3.63) is 24.3 Å². The number of ether oxygens (including phenoxy) is 1. The summed E-state index contributed by atoms with van der Waals surface area (Å²) in [5.41, 5.74) is 2.33. The SMILES string of the molecule is C=C[C@@]1(C)CCC=C2C1CCC1[C@](C)(COC(C)=O)CCC[C@@]21C. The maximum atomic E-state index is 11.4. The Balaban J connectivity index is 1.93. The van der Waals surface area contributed by atoms with Crippen LogP contribution in [0, 0.1) is 28.1 Å². The highest BCUT2D eigenvalue weighted by atomic mass is 16.5. The van der Waals surface area contributed by atoms with Crippen molar-refractivity contribution in [3.8, 4) is 0 Å². The van der Waals surface area contributed by atoms with E-state index in [9.17, 15) is 4.79 Å². The number of carbonyl (C=O) groups is 1. The molecule has 2 heteroatoms. The first kappa shape index (κ1) is 17.8. The number of esters is 1. The fraction of sp³-hybridized carbons (Fsp3) is 0.773. The molecule has 0 heterocycles.